The van der Waals surface area contributed by atoms with Crippen LogP contribution in [-0.4, -0.2) is 49.0 Å². The SMILES string of the molecule is CCc1ncncc1C(=O)N1C[C@H](c2nc(C3CC3)n[nH]2)[C@@H](C2CC2)C1. The van der Waals surface area contributed by atoms with Crippen molar-refractivity contribution in [2.75, 3.05) is 13.1 Å². The molecule has 1 saturated heterocycles. The Bertz CT molecular complexity index is 825. The molecule has 3 fully saturated rings. The van der Waals surface area contributed by atoms with E-state index < -0.39 is 0 Å². The second-order valence-electron chi connectivity index (χ2n) is 7.91. The molecule has 0 radical (unpaired) electrons. The average Bonchev–Trinajstić information content (AvgIpc) is 3.61. The van der Waals surface area contributed by atoms with Crippen molar-refractivity contribution in [3.63, 3.8) is 0 Å². The van der Waals surface area contributed by atoms with Gasteiger partial charge >= 0.3 is 0 Å². The van der Waals surface area contributed by atoms with Crippen LogP contribution >= 0.6 is 0 Å². The molecule has 26 heavy (non-hydrogen) atoms. The number of carbonyl (C=O) groups excluding carboxylic acids is 1. The van der Waals surface area contributed by atoms with Crippen LogP contribution in [0.25, 0.3) is 0 Å². The largest absolute Gasteiger partial charge is 0.337 e. The van der Waals surface area contributed by atoms with E-state index in [1.807, 2.05) is 11.8 Å². The summed E-state index contributed by atoms with van der Waals surface area (Å²) in [5.41, 5.74) is 1.47. The number of rotatable bonds is 5. The van der Waals surface area contributed by atoms with Crippen LogP contribution in [0.4, 0.5) is 0 Å². The third-order valence-electron chi connectivity index (χ3n) is 6.05. The lowest BCUT2D eigenvalue weighted by molar-refractivity contribution is 0.0782. The van der Waals surface area contributed by atoms with Crippen molar-refractivity contribution in [1.29, 1.82) is 0 Å². The topological polar surface area (TPSA) is 87.7 Å². The molecule has 0 unspecified atom stereocenters. The van der Waals surface area contributed by atoms with Crippen LogP contribution in [0.5, 0.6) is 0 Å². The number of aromatic amines is 1. The second kappa shape index (κ2) is 6.14. The fourth-order valence-corrected chi connectivity index (χ4v) is 4.25. The van der Waals surface area contributed by atoms with E-state index in [1.165, 1.54) is 32.0 Å². The average molecular weight is 352 g/mol. The summed E-state index contributed by atoms with van der Waals surface area (Å²) in [7, 11) is 0. The number of carbonyl (C=O) groups is 1. The molecule has 0 bridgehead atoms. The smallest absolute Gasteiger partial charge is 0.257 e. The van der Waals surface area contributed by atoms with Gasteiger partial charge in [0.25, 0.3) is 5.91 Å². The van der Waals surface area contributed by atoms with Crippen LogP contribution in [0.1, 0.15) is 72.1 Å². The van der Waals surface area contributed by atoms with Crippen LogP contribution in [0, 0.1) is 11.8 Å². The molecule has 1 amide bonds. The van der Waals surface area contributed by atoms with Crippen LogP contribution in [0.2, 0.25) is 0 Å². The molecule has 1 aliphatic heterocycles. The van der Waals surface area contributed by atoms with Crippen molar-refractivity contribution in [3.8, 4) is 0 Å². The van der Waals surface area contributed by atoms with Gasteiger partial charge in [-0.3, -0.25) is 9.89 Å². The maximum absolute atomic E-state index is 13.1. The van der Waals surface area contributed by atoms with Crippen molar-refractivity contribution >= 4 is 5.91 Å². The monoisotopic (exact) mass is 352 g/mol. The fourth-order valence-electron chi connectivity index (χ4n) is 4.25. The van der Waals surface area contributed by atoms with Crippen LogP contribution in [0.3, 0.4) is 0 Å². The van der Waals surface area contributed by atoms with Crippen LogP contribution in [-0.2, 0) is 6.42 Å². The molecule has 3 heterocycles. The minimum absolute atomic E-state index is 0.0533. The predicted octanol–water partition coefficient (Wildman–Crippen LogP) is 2.30. The van der Waals surface area contributed by atoms with Gasteiger partial charge in [0.15, 0.2) is 5.82 Å². The number of hydrogen-bond donors (Lipinski definition) is 1. The Labute approximate surface area is 152 Å². The molecule has 2 atom stereocenters. The normalized spacial score (nSPS) is 25.7. The van der Waals surface area contributed by atoms with E-state index in [0.29, 0.717) is 29.9 Å². The lowest BCUT2D eigenvalue weighted by Gasteiger charge is -2.17. The number of likely N-dealkylation sites (tertiary alicyclic amines) is 1. The van der Waals surface area contributed by atoms with E-state index in [2.05, 4.69) is 20.2 Å². The Morgan fingerprint density at radius 1 is 1.27 bits per heavy atom. The first-order chi connectivity index (χ1) is 12.7. The lowest BCUT2D eigenvalue weighted by atomic mass is 9.91. The zero-order valence-corrected chi connectivity index (χ0v) is 15.1. The summed E-state index contributed by atoms with van der Waals surface area (Å²) in [6.07, 6.45) is 8.85. The molecular formula is C19H24N6O. The summed E-state index contributed by atoms with van der Waals surface area (Å²) in [6.45, 7) is 3.52. The third kappa shape index (κ3) is 2.79. The second-order valence-corrected chi connectivity index (χ2v) is 7.91. The molecule has 7 nitrogen and oxygen atoms in total. The minimum atomic E-state index is 0.0533. The summed E-state index contributed by atoms with van der Waals surface area (Å²) in [5.74, 6) is 3.99. The van der Waals surface area contributed by atoms with E-state index in [9.17, 15) is 4.79 Å². The van der Waals surface area contributed by atoms with Gasteiger partial charge in [0.05, 0.1) is 11.3 Å². The van der Waals surface area contributed by atoms with Gasteiger partial charge in [0.2, 0.25) is 0 Å². The van der Waals surface area contributed by atoms with Crippen molar-refractivity contribution < 1.29 is 4.79 Å². The van der Waals surface area contributed by atoms with E-state index >= 15 is 0 Å². The number of nitrogens with zero attached hydrogens (tertiary/aromatic N) is 5. The van der Waals surface area contributed by atoms with Crippen molar-refractivity contribution in [3.05, 3.63) is 35.4 Å². The maximum atomic E-state index is 13.1. The Kier molecular flexibility index (Phi) is 3.76. The van der Waals surface area contributed by atoms with Gasteiger partial charge in [-0.05, 0) is 43.9 Å². The Balaban J connectivity index is 1.40. The van der Waals surface area contributed by atoms with Gasteiger partial charge in [-0.2, -0.15) is 5.10 Å². The van der Waals surface area contributed by atoms with E-state index in [4.69, 9.17) is 4.98 Å². The van der Waals surface area contributed by atoms with Gasteiger partial charge in [-0.15, -0.1) is 0 Å². The standard InChI is InChI=1S/C19H24N6O/c1-2-16-13(7-20-10-21-16)19(26)25-8-14(11-3-4-11)15(9-25)18-22-17(23-24-18)12-5-6-12/h7,10-12,14-15H,2-6,8-9H2,1H3,(H,22,23,24)/t14-,15+/m1/s1. The zero-order chi connectivity index (χ0) is 17.7. The molecule has 0 aromatic carbocycles. The molecular weight excluding hydrogens is 328 g/mol. The van der Waals surface area contributed by atoms with Gasteiger partial charge in [0.1, 0.15) is 12.2 Å². The van der Waals surface area contributed by atoms with Crippen molar-refractivity contribution in [2.45, 2.75) is 50.9 Å². The molecule has 5 rings (SSSR count). The Hall–Kier alpha value is -2.31. The van der Waals surface area contributed by atoms with Gasteiger partial charge in [-0.25, -0.2) is 15.0 Å². The lowest BCUT2D eigenvalue weighted by Crippen LogP contribution is -2.30. The summed E-state index contributed by atoms with van der Waals surface area (Å²) < 4.78 is 0. The molecule has 0 spiro atoms. The number of H-pyrrole nitrogens is 1. The van der Waals surface area contributed by atoms with Crippen LogP contribution in [0.15, 0.2) is 12.5 Å². The maximum Gasteiger partial charge on any atom is 0.257 e. The molecule has 2 saturated carbocycles. The number of aromatic nitrogens is 5. The van der Waals surface area contributed by atoms with E-state index in [1.54, 1.807) is 6.20 Å². The van der Waals surface area contributed by atoms with Crippen molar-refractivity contribution in [1.82, 2.24) is 30.0 Å². The number of amides is 1. The molecule has 7 heteroatoms. The van der Waals surface area contributed by atoms with Crippen molar-refractivity contribution in [2.24, 2.45) is 11.8 Å². The van der Waals surface area contributed by atoms with E-state index in [0.717, 1.165) is 30.3 Å². The number of nitrogens with one attached hydrogen (secondary N) is 1. The third-order valence-corrected chi connectivity index (χ3v) is 6.05. The Morgan fingerprint density at radius 3 is 2.85 bits per heavy atom. The first-order valence-corrected chi connectivity index (χ1v) is 9.75. The summed E-state index contributed by atoms with van der Waals surface area (Å²) in [6, 6.07) is 0. The first-order valence-electron chi connectivity index (χ1n) is 9.75. The summed E-state index contributed by atoms with van der Waals surface area (Å²) in [4.78, 5) is 28.2. The summed E-state index contributed by atoms with van der Waals surface area (Å²) in [5, 5.41) is 7.61. The highest BCUT2D eigenvalue weighted by molar-refractivity contribution is 5.95. The number of hydrogen-bond acceptors (Lipinski definition) is 5. The Morgan fingerprint density at radius 2 is 2.12 bits per heavy atom. The predicted molar refractivity (Wildman–Crippen MR) is 94.6 cm³/mol. The quantitative estimate of drug-likeness (QED) is 0.892. The molecule has 3 aliphatic rings. The fraction of sp³-hybridized carbons (Fsp3) is 0.632. The molecule has 2 aromatic rings. The highest BCUT2D eigenvalue weighted by Gasteiger charge is 2.46. The minimum Gasteiger partial charge on any atom is -0.337 e. The van der Waals surface area contributed by atoms with Crippen LogP contribution < -0.4 is 0 Å². The highest BCUT2D eigenvalue weighted by Crippen LogP contribution is 2.47. The molecule has 1 N–H and O–H groups in total. The summed E-state index contributed by atoms with van der Waals surface area (Å²) >= 11 is 0. The molecule has 136 valence electrons. The highest BCUT2D eigenvalue weighted by atomic mass is 16.2. The van der Waals surface area contributed by atoms with E-state index in [-0.39, 0.29) is 11.8 Å². The molecule has 2 aromatic heterocycles. The van der Waals surface area contributed by atoms with Gasteiger partial charge < -0.3 is 4.90 Å². The first kappa shape index (κ1) is 15.9. The van der Waals surface area contributed by atoms with Gasteiger partial charge in [-0.1, -0.05) is 6.92 Å². The zero-order valence-electron chi connectivity index (χ0n) is 15.1. The van der Waals surface area contributed by atoms with Gasteiger partial charge in [0, 0.05) is 31.1 Å². The number of aryl methyl sites for hydroxylation is 1. The molecule has 2 aliphatic carbocycles.